The molecule has 5 atom stereocenters. The number of ether oxygens (including phenoxy) is 1. The van der Waals surface area contributed by atoms with Crippen LogP contribution in [0.15, 0.2) is 71.2 Å². The number of nitrogens with zero attached hydrogens (tertiary/aromatic N) is 2. The fourth-order valence-corrected chi connectivity index (χ4v) is 10.7. The molecule has 0 unspecified atom stereocenters. The van der Waals surface area contributed by atoms with Crippen molar-refractivity contribution in [2.75, 3.05) is 11.5 Å². The molecule has 3 aliphatic rings. The number of anilines is 1. The lowest BCUT2D eigenvalue weighted by Crippen LogP contribution is -2.48. The Morgan fingerprint density at radius 1 is 1.14 bits per heavy atom. The van der Waals surface area contributed by atoms with Crippen molar-refractivity contribution in [3.63, 3.8) is 0 Å². The van der Waals surface area contributed by atoms with Crippen molar-refractivity contribution in [2.24, 2.45) is 5.92 Å². The summed E-state index contributed by atoms with van der Waals surface area (Å²) in [7, 11) is -3.44. The number of benzene rings is 3. The molecule has 3 aromatic rings. The van der Waals surface area contributed by atoms with E-state index in [0.717, 1.165) is 30.4 Å². The summed E-state index contributed by atoms with van der Waals surface area (Å²) in [6, 6.07) is 21.3. The highest BCUT2D eigenvalue weighted by Gasteiger charge is 2.67. The first-order valence-electron chi connectivity index (χ1n) is 14.6. The predicted molar refractivity (Wildman–Crippen MR) is 179 cm³/mol. The Bertz CT molecular complexity index is 1570. The van der Waals surface area contributed by atoms with Crippen LogP contribution in [0.1, 0.15) is 35.6 Å². The van der Waals surface area contributed by atoms with E-state index in [1.165, 1.54) is 0 Å². The minimum Gasteiger partial charge on any atom is -0.394 e. The Morgan fingerprint density at radius 3 is 2.51 bits per heavy atom. The van der Waals surface area contributed by atoms with Gasteiger partial charge in [-0.1, -0.05) is 59.3 Å². The Hall–Kier alpha value is -2.12. The number of rotatable bonds is 6. The summed E-state index contributed by atoms with van der Waals surface area (Å²) >= 11 is 5.84. The SMILES string of the molecule is C[C@@H]1[C@@H]([Si](C)(C)F)[C@H](CC(=O)N2Cc3ccccc3C[C@H]2CO)O[C@@]12C(=O)N(Cc1ccc(I)cc1)c1ccc(Br)cc12. The van der Waals surface area contributed by atoms with Gasteiger partial charge in [0.15, 0.2) is 5.60 Å². The van der Waals surface area contributed by atoms with E-state index in [1.807, 2.05) is 73.7 Å². The molecule has 1 spiro atoms. The Morgan fingerprint density at radius 2 is 1.84 bits per heavy atom. The van der Waals surface area contributed by atoms with E-state index in [-0.39, 0.29) is 30.9 Å². The van der Waals surface area contributed by atoms with Gasteiger partial charge in [-0.3, -0.25) is 9.59 Å². The molecule has 0 radical (unpaired) electrons. The van der Waals surface area contributed by atoms with Crippen LogP contribution in [-0.2, 0) is 39.4 Å². The summed E-state index contributed by atoms with van der Waals surface area (Å²) in [4.78, 5) is 32.0. The van der Waals surface area contributed by atoms with Crippen LogP contribution in [0.4, 0.5) is 9.80 Å². The van der Waals surface area contributed by atoms with Crippen molar-refractivity contribution in [2.45, 2.75) is 69.2 Å². The summed E-state index contributed by atoms with van der Waals surface area (Å²) < 4.78 is 25.0. The lowest BCUT2D eigenvalue weighted by atomic mass is 9.82. The number of carbonyl (C=O) groups is 2. The number of carbonyl (C=O) groups excluding carboxylic acids is 2. The first-order valence-corrected chi connectivity index (χ1v) is 19.5. The lowest BCUT2D eigenvalue weighted by molar-refractivity contribution is -0.151. The molecular formula is C33H35BrFIN2O4Si. The molecule has 43 heavy (non-hydrogen) atoms. The monoisotopic (exact) mass is 776 g/mol. The summed E-state index contributed by atoms with van der Waals surface area (Å²) in [6.45, 7) is 5.78. The van der Waals surface area contributed by atoms with Crippen LogP contribution in [0, 0.1) is 9.49 Å². The number of fused-ring (bicyclic) bond motifs is 3. The predicted octanol–water partition coefficient (Wildman–Crippen LogP) is 6.71. The molecule has 0 bridgehead atoms. The second kappa shape index (κ2) is 11.7. The van der Waals surface area contributed by atoms with Crippen molar-refractivity contribution in [1.29, 1.82) is 0 Å². The van der Waals surface area contributed by atoms with Crippen LogP contribution in [0.25, 0.3) is 0 Å². The van der Waals surface area contributed by atoms with Gasteiger partial charge in [-0.25, -0.2) is 0 Å². The number of aliphatic hydroxyl groups is 1. The van der Waals surface area contributed by atoms with E-state index in [2.05, 4.69) is 38.5 Å². The third-order valence-corrected chi connectivity index (χ3v) is 13.1. The van der Waals surface area contributed by atoms with Crippen LogP contribution in [0.3, 0.4) is 0 Å². The molecule has 1 fully saturated rings. The minimum atomic E-state index is -3.44. The maximum atomic E-state index is 16.3. The molecule has 6 nitrogen and oxygen atoms in total. The summed E-state index contributed by atoms with van der Waals surface area (Å²) in [5, 5.41) is 10.2. The summed E-state index contributed by atoms with van der Waals surface area (Å²) in [5.74, 6) is -0.901. The molecule has 3 heterocycles. The van der Waals surface area contributed by atoms with Crippen LogP contribution >= 0.6 is 38.5 Å². The number of hydrogen-bond donors (Lipinski definition) is 1. The summed E-state index contributed by atoms with van der Waals surface area (Å²) in [6.07, 6.45) is -0.270. The van der Waals surface area contributed by atoms with E-state index >= 15 is 4.11 Å². The Labute approximate surface area is 275 Å². The van der Waals surface area contributed by atoms with Gasteiger partial charge < -0.3 is 23.8 Å². The summed E-state index contributed by atoms with van der Waals surface area (Å²) in [5.41, 5.74) is 2.62. The quantitative estimate of drug-likeness (QED) is 0.172. The second-order valence-electron chi connectivity index (χ2n) is 12.5. The second-order valence-corrected chi connectivity index (χ2v) is 18.4. The van der Waals surface area contributed by atoms with Gasteiger partial charge in [-0.2, -0.15) is 0 Å². The van der Waals surface area contributed by atoms with Crippen molar-refractivity contribution >= 4 is 64.4 Å². The zero-order valence-corrected chi connectivity index (χ0v) is 29.1. The molecule has 0 aromatic heterocycles. The molecule has 3 aromatic carbocycles. The zero-order valence-electron chi connectivity index (χ0n) is 24.4. The zero-order chi connectivity index (χ0) is 30.7. The Kier molecular flexibility index (Phi) is 8.38. The van der Waals surface area contributed by atoms with Gasteiger partial charge in [0.1, 0.15) is 0 Å². The molecule has 10 heteroatoms. The first-order chi connectivity index (χ1) is 20.4. The van der Waals surface area contributed by atoms with Gasteiger partial charge in [0.05, 0.1) is 37.4 Å². The highest BCUT2D eigenvalue weighted by atomic mass is 127. The van der Waals surface area contributed by atoms with Gasteiger partial charge in [0.2, 0.25) is 14.3 Å². The fraction of sp³-hybridized carbons (Fsp3) is 0.394. The van der Waals surface area contributed by atoms with Gasteiger partial charge in [0, 0.05) is 31.6 Å². The van der Waals surface area contributed by atoms with E-state index in [4.69, 9.17) is 4.74 Å². The molecular weight excluding hydrogens is 742 g/mol. The number of hydrogen-bond acceptors (Lipinski definition) is 4. The smallest absolute Gasteiger partial charge is 0.264 e. The van der Waals surface area contributed by atoms with E-state index in [0.29, 0.717) is 25.1 Å². The maximum absolute atomic E-state index is 16.3. The highest BCUT2D eigenvalue weighted by Crippen LogP contribution is 2.60. The molecule has 1 N–H and O–H groups in total. The molecule has 0 aliphatic carbocycles. The average molecular weight is 778 g/mol. The van der Waals surface area contributed by atoms with E-state index in [9.17, 15) is 14.7 Å². The number of amides is 2. The maximum Gasteiger partial charge on any atom is 0.264 e. The van der Waals surface area contributed by atoms with Crippen LogP contribution in [0.5, 0.6) is 0 Å². The van der Waals surface area contributed by atoms with E-state index < -0.39 is 31.6 Å². The third kappa shape index (κ3) is 5.41. The minimum absolute atomic E-state index is 0.0521. The van der Waals surface area contributed by atoms with Crippen molar-refractivity contribution in [3.05, 3.63) is 97.0 Å². The van der Waals surface area contributed by atoms with E-state index in [1.54, 1.807) is 22.9 Å². The number of aliphatic hydroxyl groups excluding tert-OH is 1. The Balaban J connectivity index is 1.35. The molecule has 3 aliphatic heterocycles. The average Bonchev–Trinajstić information content (AvgIpc) is 3.39. The third-order valence-electron chi connectivity index (χ3n) is 9.44. The largest absolute Gasteiger partial charge is 0.394 e. The van der Waals surface area contributed by atoms with Gasteiger partial charge in [-0.15, -0.1) is 0 Å². The fourth-order valence-electron chi connectivity index (χ4n) is 7.48. The normalized spacial score (nSPS) is 26.6. The molecule has 226 valence electrons. The van der Waals surface area contributed by atoms with Gasteiger partial charge in [0.25, 0.3) is 5.91 Å². The highest BCUT2D eigenvalue weighted by molar-refractivity contribution is 14.1. The first kappa shape index (κ1) is 30.9. The number of halogens is 3. The van der Waals surface area contributed by atoms with Crippen molar-refractivity contribution in [1.82, 2.24) is 4.90 Å². The van der Waals surface area contributed by atoms with Crippen LogP contribution in [-0.4, -0.2) is 49.0 Å². The van der Waals surface area contributed by atoms with Gasteiger partial charge >= 0.3 is 0 Å². The molecule has 6 rings (SSSR count). The van der Waals surface area contributed by atoms with Crippen LogP contribution in [0.2, 0.25) is 18.6 Å². The molecule has 1 saturated heterocycles. The topological polar surface area (TPSA) is 70.1 Å². The van der Waals surface area contributed by atoms with Crippen molar-refractivity contribution in [3.8, 4) is 0 Å². The standard InChI is InChI=1S/C33H35BrFIN2O4Si/c1-20-31(43(2,3)35)29(16-30(40)37-18-23-7-5-4-6-22(23)14-26(37)19-39)42-33(20)27-15-24(34)10-13-28(27)38(32(33)41)17-21-8-11-25(36)12-9-21/h4-13,15,20,26,29,31,39H,14,16-19H2,1-3H3/t20-,26+,29+,31-,33+/m1/s1. The molecule has 0 saturated carbocycles. The van der Waals surface area contributed by atoms with Crippen molar-refractivity contribution < 1.29 is 23.5 Å². The molecule has 2 amide bonds. The van der Waals surface area contributed by atoms with Crippen LogP contribution < -0.4 is 4.90 Å². The van der Waals surface area contributed by atoms with Gasteiger partial charge in [-0.05, 0) is 89.1 Å². The lowest BCUT2D eigenvalue weighted by Gasteiger charge is -2.37.